The smallest absolute Gasteiger partial charge is 0.141 e. The Morgan fingerprint density at radius 3 is 2.55 bits per heavy atom. The van der Waals surface area contributed by atoms with Crippen LogP contribution in [0.2, 0.25) is 0 Å². The molecule has 0 aliphatic rings. The average molecular weight is 337 g/mol. The molecule has 2 atom stereocenters. The van der Waals surface area contributed by atoms with Gasteiger partial charge in [-0.3, -0.25) is 4.98 Å². The Morgan fingerprint density at radius 2 is 1.90 bits per heavy atom. The van der Waals surface area contributed by atoms with E-state index in [4.69, 9.17) is 0 Å². The maximum absolute atomic E-state index is 13.2. The zero-order chi connectivity index (χ0) is 14.5. The highest BCUT2D eigenvalue weighted by Crippen LogP contribution is 2.15. The van der Waals surface area contributed by atoms with Crippen LogP contribution in [0.15, 0.2) is 47.2 Å². The van der Waals surface area contributed by atoms with Crippen molar-refractivity contribution in [2.45, 2.75) is 32.4 Å². The molecule has 0 fully saturated rings. The summed E-state index contributed by atoms with van der Waals surface area (Å²) in [6.07, 6.45) is 3.86. The van der Waals surface area contributed by atoms with E-state index >= 15 is 0 Å². The highest BCUT2D eigenvalue weighted by molar-refractivity contribution is 9.10. The van der Waals surface area contributed by atoms with Crippen LogP contribution in [0.4, 0.5) is 4.39 Å². The van der Waals surface area contributed by atoms with Crippen LogP contribution in [0, 0.1) is 5.82 Å². The summed E-state index contributed by atoms with van der Waals surface area (Å²) in [5.74, 6) is -0.295. The standard InChI is InChI=1S/C16H18BrFN2/c1-11(7-13-3-5-15(17)6-4-13)20-12(2)14-8-16(18)10-19-9-14/h3-6,8-12,20H,7H2,1-2H3. The summed E-state index contributed by atoms with van der Waals surface area (Å²) in [5.41, 5.74) is 2.14. The van der Waals surface area contributed by atoms with E-state index in [1.165, 1.54) is 17.8 Å². The van der Waals surface area contributed by atoms with Gasteiger partial charge in [-0.25, -0.2) is 4.39 Å². The second-order valence-electron chi connectivity index (χ2n) is 5.06. The summed E-state index contributed by atoms with van der Waals surface area (Å²) in [7, 11) is 0. The third-order valence-electron chi connectivity index (χ3n) is 3.22. The molecule has 0 aliphatic carbocycles. The first kappa shape index (κ1) is 15.1. The van der Waals surface area contributed by atoms with Crippen molar-refractivity contribution in [1.82, 2.24) is 10.3 Å². The Bertz CT molecular complexity index is 557. The molecule has 1 N–H and O–H groups in total. The van der Waals surface area contributed by atoms with E-state index < -0.39 is 0 Å². The van der Waals surface area contributed by atoms with E-state index in [0.29, 0.717) is 6.04 Å². The van der Waals surface area contributed by atoms with Crippen molar-refractivity contribution in [1.29, 1.82) is 0 Å². The number of nitrogens with zero attached hydrogens (tertiary/aromatic N) is 1. The molecule has 0 amide bonds. The van der Waals surface area contributed by atoms with Crippen molar-refractivity contribution in [3.05, 3.63) is 64.1 Å². The molecule has 2 rings (SSSR count). The second-order valence-corrected chi connectivity index (χ2v) is 5.97. The Labute approximate surface area is 127 Å². The van der Waals surface area contributed by atoms with Gasteiger partial charge in [-0.2, -0.15) is 0 Å². The lowest BCUT2D eigenvalue weighted by molar-refractivity contribution is 0.474. The van der Waals surface area contributed by atoms with Crippen LogP contribution in [0.1, 0.15) is 31.0 Å². The summed E-state index contributed by atoms with van der Waals surface area (Å²) in [6.45, 7) is 4.15. The van der Waals surface area contributed by atoms with Crippen LogP contribution in [-0.4, -0.2) is 11.0 Å². The van der Waals surface area contributed by atoms with Crippen molar-refractivity contribution in [3.63, 3.8) is 0 Å². The van der Waals surface area contributed by atoms with Crippen molar-refractivity contribution in [2.24, 2.45) is 0 Å². The maximum Gasteiger partial charge on any atom is 0.141 e. The molecule has 20 heavy (non-hydrogen) atoms. The SMILES string of the molecule is CC(Cc1ccc(Br)cc1)NC(C)c1cncc(F)c1. The molecule has 2 nitrogen and oxygen atoms in total. The number of aromatic nitrogens is 1. The zero-order valence-corrected chi connectivity index (χ0v) is 13.2. The van der Waals surface area contributed by atoms with Gasteiger partial charge < -0.3 is 5.32 Å². The molecular formula is C16H18BrFN2. The lowest BCUT2D eigenvalue weighted by Crippen LogP contribution is -2.30. The van der Waals surface area contributed by atoms with Crippen LogP contribution < -0.4 is 5.32 Å². The number of hydrogen-bond acceptors (Lipinski definition) is 2. The first-order chi connectivity index (χ1) is 9.54. The van der Waals surface area contributed by atoms with Crippen molar-refractivity contribution in [3.8, 4) is 0 Å². The normalized spacial score (nSPS) is 14.0. The van der Waals surface area contributed by atoms with Crippen molar-refractivity contribution in [2.75, 3.05) is 0 Å². The number of benzene rings is 1. The maximum atomic E-state index is 13.2. The van der Waals surface area contributed by atoms with E-state index in [9.17, 15) is 4.39 Å². The first-order valence-electron chi connectivity index (χ1n) is 6.65. The monoisotopic (exact) mass is 336 g/mol. The van der Waals surface area contributed by atoms with Gasteiger partial charge in [0, 0.05) is 22.8 Å². The molecular weight excluding hydrogens is 319 g/mol. The Balaban J connectivity index is 1.93. The molecule has 0 aliphatic heterocycles. The summed E-state index contributed by atoms with van der Waals surface area (Å²) < 4.78 is 14.2. The fourth-order valence-corrected chi connectivity index (χ4v) is 2.49. The lowest BCUT2D eigenvalue weighted by atomic mass is 10.0. The van der Waals surface area contributed by atoms with E-state index in [-0.39, 0.29) is 11.9 Å². The van der Waals surface area contributed by atoms with Gasteiger partial charge >= 0.3 is 0 Å². The Morgan fingerprint density at radius 1 is 1.20 bits per heavy atom. The van der Waals surface area contributed by atoms with Gasteiger partial charge in [-0.05, 0) is 49.6 Å². The van der Waals surface area contributed by atoms with Crippen molar-refractivity contribution >= 4 is 15.9 Å². The Kier molecular flexibility index (Phi) is 5.26. The molecule has 106 valence electrons. The predicted octanol–water partition coefficient (Wildman–Crippen LogP) is 4.27. The fraction of sp³-hybridized carbons (Fsp3) is 0.312. The minimum absolute atomic E-state index is 0.0728. The van der Waals surface area contributed by atoms with E-state index in [0.717, 1.165) is 16.5 Å². The van der Waals surface area contributed by atoms with Gasteiger partial charge in [-0.1, -0.05) is 28.1 Å². The van der Waals surface area contributed by atoms with Crippen LogP contribution in [0.25, 0.3) is 0 Å². The van der Waals surface area contributed by atoms with Gasteiger partial charge in [0.05, 0.1) is 6.20 Å². The van der Waals surface area contributed by atoms with Gasteiger partial charge in [0.1, 0.15) is 5.82 Å². The number of hydrogen-bond donors (Lipinski definition) is 1. The summed E-state index contributed by atoms with van der Waals surface area (Å²) in [6, 6.07) is 10.2. The van der Waals surface area contributed by atoms with Crippen LogP contribution in [0.5, 0.6) is 0 Å². The third-order valence-corrected chi connectivity index (χ3v) is 3.74. The van der Waals surface area contributed by atoms with E-state index in [1.807, 2.05) is 19.1 Å². The molecule has 0 spiro atoms. The third kappa shape index (κ3) is 4.39. The molecule has 0 saturated carbocycles. The van der Waals surface area contributed by atoms with Crippen molar-refractivity contribution < 1.29 is 4.39 Å². The minimum atomic E-state index is -0.295. The molecule has 1 aromatic carbocycles. The van der Waals surface area contributed by atoms with Crippen LogP contribution in [0.3, 0.4) is 0 Å². The minimum Gasteiger partial charge on any atom is -0.307 e. The number of rotatable bonds is 5. The second kappa shape index (κ2) is 6.95. The summed E-state index contributed by atoms with van der Waals surface area (Å²) in [5, 5.41) is 3.47. The fourth-order valence-electron chi connectivity index (χ4n) is 2.22. The largest absolute Gasteiger partial charge is 0.307 e. The van der Waals surface area contributed by atoms with E-state index in [1.54, 1.807) is 6.20 Å². The molecule has 0 radical (unpaired) electrons. The lowest BCUT2D eigenvalue weighted by Gasteiger charge is -2.20. The van der Waals surface area contributed by atoms with Gasteiger partial charge in [0.2, 0.25) is 0 Å². The molecule has 1 aromatic heterocycles. The van der Waals surface area contributed by atoms with Gasteiger partial charge in [0.25, 0.3) is 0 Å². The number of halogens is 2. The number of nitrogens with one attached hydrogen (secondary N) is 1. The van der Waals surface area contributed by atoms with Crippen LogP contribution in [-0.2, 0) is 6.42 Å². The zero-order valence-electron chi connectivity index (χ0n) is 11.6. The average Bonchev–Trinajstić information content (AvgIpc) is 2.41. The molecule has 4 heteroatoms. The summed E-state index contributed by atoms with van der Waals surface area (Å²) >= 11 is 3.43. The Hall–Kier alpha value is -1.26. The molecule has 0 saturated heterocycles. The highest BCUT2D eigenvalue weighted by Gasteiger charge is 2.11. The van der Waals surface area contributed by atoms with Gasteiger partial charge in [-0.15, -0.1) is 0 Å². The molecule has 2 unspecified atom stereocenters. The van der Waals surface area contributed by atoms with Gasteiger partial charge in [0.15, 0.2) is 0 Å². The number of pyridine rings is 1. The molecule has 1 heterocycles. The first-order valence-corrected chi connectivity index (χ1v) is 7.45. The van der Waals surface area contributed by atoms with E-state index in [2.05, 4.69) is 45.3 Å². The molecule has 2 aromatic rings. The highest BCUT2D eigenvalue weighted by atomic mass is 79.9. The van der Waals surface area contributed by atoms with Crippen LogP contribution >= 0.6 is 15.9 Å². The topological polar surface area (TPSA) is 24.9 Å². The predicted molar refractivity (Wildman–Crippen MR) is 83.1 cm³/mol. The molecule has 0 bridgehead atoms. The summed E-state index contributed by atoms with van der Waals surface area (Å²) in [4.78, 5) is 3.89. The quantitative estimate of drug-likeness (QED) is 0.882.